The second kappa shape index (κ2) is 16.4. The molecule has 3 rings (SSSR count). The first-order chi connectivity index (χ1) is 18.9. The molecule has 10 N–H and O–H groups in total. The van der Waals surface area contributed by atoms with E-state index in [1.807, 2.05) is 0 Å². The van der Waals surface area contributed by atoms with Gasteiger partial charge in [-0.25, -0.2) is 19.2 Å². The molecule has 15 nitrogen and oxygen atoms in total. The summed E-state index contributed by atoms with van der Waals surface area (Å²) >= 11 is 0. The Morgan fingerprint density at radius 3 is 1.40 bits per heavy atom. The quantitative estimate of drug-likeness (QED) is 0.153. The number of fused-ring (bicyclic) bond motifs is 2. The number of nitrogens with two attached hydrogens (primary N) is 2. The number of nitrogens with one attached hydrogen (secondary N) is 2. The van der Waals surface area contributed by atoms with Gasteiger partial charge in [-0.05, 0) is 18.2 Å². The topological polar surface area (TPSA) is 272 Å². The van der Waals surface area contributed by atoms with Crippen molar-refractivity contribution in [2.24, 2.45) is 11.5 Å². The Morgan fingerprint density at radius 2 is 1.05 bits per heavy atom. The standard InChI is InChI=1S/C17H19N5O2.2C4H4O4/c18-4-7-21-12-1-2-13(22-8-5-19)15-14(12)16(23)10-3-6-20-9-11(10)17(15)24;2*5-3(6)1-2-4(7)8/h1-3,6,9,21-22H,4-5,7-8,18-19H2;2*1-2H,(H,5,6)(H,7,8)/b;2*2-1+. The lowest BCUT2D eigenvalue weighted by Crippen LogP contribution is -2.26. The average Bonchev–Trinajstić information content (AvgIpc) is 2.92. The molecule has 15 heteroatoms. The van der Waals surface area contributed by atoms with Crippen LogP contribution in [0.25, 0.3) is 0 Å². The van der Waals surface area contributed by atoms with Crippen LogP contribution in [-0.4, -0.2) is 87.0 Å². The minimum Gasteiger partial charge on any atom is -0.478 e. The van der Waals surface area contributed by atoms with Crippen molar-refractivity contribution in [2.75, 3.05) is 36.8 Å². The lowest BCUT2D eigenvalue weighted by molar-refractivity contribution is -0.134. The third-order valence-electron chi connectivity index (χ3n) is 4.63. The van der Waals surface area contributed by atoms with Crippen LogP contribution in [0, 0.1) is 0 Å². The summed E-state index contributed by atoms with van der Waals surface area (Å²) in [4.78, 5) is 68.1. The second-order valence-electron chi connectivity index (χ2n) is 7.44. The van der Waals surface area contributed by atoms with E-state index in [1.165, 1.54) is 12.4 Å². The molecule has 0 radical (unpaired) electrons. The first-order valence-electron chi connectivity index (χ1n) is 11.3. The van der Waals surface area contributed by atoms with Gasteiger partial charge in [0.05, 0.1) is 16.7 Å². The van der Waals surface area contributed by atoms with Gasteiger partial charge < -0.3 is 42.5 Å². The average molecular weight is 558 g/mol. The van der Waals surface area contributed by atoms with E-state index in [1.54, 1.807) is 18.2 Å². The minimum absolute atomic E-state index is 0.196. The molecule has 1 aliphatic carbocycles. The Hall–Kier alpha value is -5.41. The summed E-state index contributed by atoms with van der Waals surface area (Å²) in [6.45, 7) is 1.85. The van der Waals surface area contributed by atoms with E-state index in [2.05, 4.69) is 15.6 Å². The summed E-state index contributed by atoms with van der Waals surface area (Å²) < 4.78 is 0. The van der Waals surface area contributed by atoms with Crippen LogP contribution >= 0.6 is 0 Å². The molecule has 212 valence electrons. The number of carbonyl (C=O) groups is 6. The van der Waals surface area contributed by atoms with Gasteiger partial charge in [-0.1, -0.05) is 0 Å². The molecule has 0 bridgehead atoms. The molecule has 0 spiro atoms. The van der Waals surface area contributed by atoms with Crippen molar-refractivity contribution in [1.29, 1.82) is 0 Å². The molecule has 0 aliphatic heterocycles. The predicted octanol–water partition coefficient (Wildman–Crippen LogP) is 0.0218. The number of aromatic nitrogens is 1. The number of benzene rings is 1. The lowest BCUT2D eigenvalue weighted by Gasteiger charge is -2.23. The molecule has 0 fully saturated rings. The molecule has 1 heterocycles. The second-order valence-corrected chi connectivity index (χ2v) is 7.44. The Balaban J connectivity index is 0.000000412. The van der Waals surface area contributed by atoms with Crippen LogP contribution in [0.4, 0.5) is 11.4 Å². The third-order valence-corrected chi connectivity index (χ3v) is 4.63. The molecule has 1 aromatic heterocycles. The fourth-order valence-electron chi connectivity index (χ4n) is 3.11. The Kier molecular flexibility index (Phi) is 13.4. The van der Waals surface area contributed by atoms with Crippen LogP contribution in [0.1, 0.15) is 31.8 Å². The van der Waals surface area contributed by atoms with E-state index in [-0.39, 0.29) is 11.6 Å². The zero-order chi connectivity index (χ0) is 30.2. The van der Waals surface area contributed by atoms with Gasteiger partial charge >= 0.3 is 23.9 Å². The van der Waals surface area contributed by atoms with Gasteiger partial charge in [0.2, 0.25) is 0 Å². The normalized spacial score (nSPS) is 11.3. The monoisotopic (exact) mass is 557 g/mol. The molecule has 0 amide bonds. The highest BCUT2D eigenvalue weighted by atomic mass is 16.4. The van der Waals surface area contributed by atoms with E-state index >= 15 is 0 Å². The SMILES string of the molecule is NCCNc1ccc(NCCN)c2c1C(=O)c1ccncc1C2=O.O=C(O)/C=C/C(=O)O.O=C(O)/C=C/C(=O)O. The van der Waals surface area contributed by atoms with Gasteiger partial charge in [-0.3, -0.25) is 14.6 Å². The number of pyridine rings is 1. The van der Waals surface area contributed by atoms with E-state index in [4.69, 9.17) is 31.9 Å². The highest BCUT2D eigenvalue weighted by Crippen LogP contribution is 2.36. The molecule has 0 saturated heterocycles. The number of nitrogens with zero attached hydrogens (tertiary/aromatic N) is 1. The molecule has 0 atom stereocenters. The number of hydrogen-bond donors (Lipinski definition) is 8. The summed E-state index contributed by atoms with van der Waals surface area (Å²) in [6, 6.07) is 5.13. The summed E-state index contributed by atoms with van der Waals surface area (Å²) in [5.74, 6) is -5.44. The van der Waals surface area contributed by atoms with Crippen LogP contribution in [0.3, 0.4) is 0 Å². The molecule has 0 unspecified atom stereocenters. The smallest absolute Gasteiger partial charge is 0.328 e. The summed E-state index contributed by atoms with van der Waals surface area (Å²) in [6.07, 6.45) is 5.18. The molecule has 2 aromatic rings. The van der Waals surface area contributed by atoms with Gasteiger partial charge in [0, 0.05) is 79.8 Å². The van der Waals surface area contributed by atoms with Gasteiger partial charge in [-0.15, -0.1) is 0 Å². The van der Waals surface area contributed by atoms with Crippen LogP contribution in [0.5, 0.6) is 0 Å². The number of carbonyl (C=O) groups excluding carboxylic acids is 2. The maximum Gasteiger partial charge on any atom is 0.328 e. The largest absolute Gasteiger partial charge is 0.478 e. The van der Waals surface area contributed by atoms with Gasteiger partial charge in [0.15, 0.2) is 11.6 Å². The lowest BCUT2D eigenvalue weighted by atomic mass is 9.83. The summed E-state index contributed by atoms with van der Waals surface area (Å²) in [5, 5.41) is 37.5. The van der Waals surface area contributed by atoms with E-state index < -0.39 is 23.9 Å². The van der Waals surface area contributed by atoms with Gasteiger partial charge in [0.1, 0.15) is 0 Å². The van der Waals surface area contributed by atoms with Crippen molar-refractivity contribution < 1.29 is 49.2 Å². The van der Waals surface area contributed by atoms with Crippen molar-refractivity contribution >= 4 is 46.8 Å². The molecular formula is C25H27N5O10. The van der Waals surface area contributed by atoms with Crippen molar-refractivity contribution in [2.45, 2.75) is 0 Å². The maximum absolute atomic E-state index is 13.0. The van der Waals surface area contributed by atoms with Crippen LogP contribution < -0.4 is 22.1 Å². The predicted molar refractivity (Wildman–Crippen MR) is 141 cm³/mol. The van der Waals surface area contributed by atoms with Crippen molar-refractivity contribution in [1.82, 2.24) is 4.98 Å². The maximum atomic E-state index is 13.0. The van der Waals surface area contributed by atoms with E-state index in [0.717, 1.165) is 0 Å². The van der Waals surface area contributed by atoms with Gasteiger partial charge in [-0.2, -0.15) is 0 Å². The highest BCUT2D eigenvalue weighted by Gasteiger charge is 2.34. The first kappa shape index (κ1) is 32.6. The summed E-state index contributed by atoms with van der Waals surface area (Å²) in [5.41, 5.74) is 13.7. The molecule has 1 aromatic carbocycles. The van der Waals surface area contributed by atoms with Crippen molar-refractivity contribution in [3.05, 3.63) is 77.2 Å². The molecule has 0 saturated carbocycles. The van der Waals surface area contributed by atoms with E-state index in [0.29, 0.717) is 84.1 Å². The molecule has 1 aliphatic rings. The zero-order valence-electron chi connectivity index (χ0n) is 20.9. The number of hydrogen-bond acceptors (Lipinski definition) is 11. The first-order valence-corrected chi connectivity index (χ1v) is 11.3. The van der Waals surface area contributed by atoms with Crippen molar-refractivity contribution in [3.8, 4) is 0 Å². The number of carboxylic acid groups (broad SMARTS) is 4. The van der Waals surface area contributed by atoms with Crippen LogP contribution in [-0.2, 0) is 19.2 Å². The number of carboxylic acids is 4. The number of aliphatic carboxylic acids is 4. The van der Waals surface area contributed by atoms with E-state index in [9.17, 15) is 28.8 Å². The third kappa shape index (κ3) is 10.2. The Morgan fingerprint density at radius 1 is 0.675 bits per heavy atom. The van der Waals surface area contributed by atoms with Gasteiger partial charge in [0.25, 0.3) is 0 Å². The zero-order valence-corrected chi connectivity index (χ0v) is 20.9. The van der Waals surface area contributed by atoms with Crippen LogP contribution in [0.15, 0.2) is 54.9 Å². The number of ketones is 2. The van der Waals surface area contributed by atoms with Crippen LogP contribution in [0.2, 0.25) is 0 Å². The number of anilines is 2. The highest BCUT2D eigenvalue weighted by molar-refractivity contribution is 6.31. The molecular weight excluding hydrogens is 530 g/mol. The summed E-state index contributed by atoms with van der Waals surface area (Å²) in [7, 11) is 0. The fourth-order valence-corrected chi connectivity index (χ4v) is 3.11. The Labute approximate surface area is 226 Å². The fraction of sp³-hybridized carbons (Fsp3) is 0.160. The van der Waals surface area contributed by atoms with Crippen molar-refractivity contribution in [3.63, 3.8) is 0 Å². The number of rotatable bonds is 10. The molecule has 40 heavy (non-hydrogen) atoms. The minimum atomic E-state index is -1.26. The Bertz CT molecular complexity index is 1210.